The first-order chi connectivity index (χ1) is 14.1. The van der Waals surface area contributed by atoms with Gasteiger partial charge in [-0.3, -0.25) is 4.79 Å². The Labute approximate surface area is 185 Å². The van der Waals surface area contributed by atoms with Gasteiger partial charge in [-0.2, -0.15) is 5.26 Å². The van der Waals surface area contributed by atoms with Crippen LogP contribution in [0.4, 0.5) is 0 Å². The van der Waals surface area contributed by atoms with Gasteiger partial charge in [-0.25, -0.2) is 0 Å². The number of ether oxygens (including phenoxy) is 1. The SMILES string of the molecule is Cl.N#C[C@@H]1CCCN1C(=O)CNC12CC3CC(C1)CC(OCc1ccccc1)(C3)C2. The molecule has 0 aromatic heterocycles. The van der Waals surface area contributed by atoms with Gasteiger partial charge in [0.1, 0.15) is 6.04 Å². The maximum atomic E-state index is 12.8. The van der Waals surface area contributed by atoms with E-state index in [9.17, 15) is 10.1 Å². The molecule has 1 aromatic rings. The lowest BCUT2D eigenvalue weighted by molar-refractivity contribution is -0.182. The Morgan fingerprint density at radius 1 is 1.20 bits per heavy atom. The van der Waals surface area contributed by atoms with Crippen LogP contribution in [0.1, 0.15) is 56.9 Å². The maximum absolute atomic E-state index is 12.8. The van der Waals surface area contributed by atoms with Crippen LogP contribution in [0.2, 0.25) is 0 Å². The Hall–Kier alpha value is -1.61. The normalized spacial score (nSPS) is 36.4. The molecule has 5 fully saturated rings. The number of hydrogen-bond acceptors (Lipinski definition) is 4. The first kappa shape index (κ1) is 21.6. The Bertz CT molecular complexity index is 794. The van der Waals surface area contributed by atoms with E-state index in [-0.39, 0.29) is 35.5 Å². The number of benzene rings is 1. The van der Waals surface area contributed by atoms with Crippen LogP contribution in [0, 0.1) is 23.2 Å². The summed E-state index contributed by atoms with van der Waals surface area (Å²) in [6.07, 6.45) is 8.73. The van der Waals surface area contributed by atoms with E-state index in [0.29, 0.717) is 25.0 Å². The molecule has 1 heterocycles. The van der Waals surface area contributed by atoms with Crippen molar-refractivity contribution < 1.29 is 9.53 Å². The predicted octanol–water partition coefficient (Wildman–Crippen LogP) is 3.82. The molecule has 4 saturated carbocycles. The first-order valence-electron chi connectivity index (χ1n) is 11.2. The summed E-state index contributed by atoms with van der Waals surface area (Å²) in [5.41, 5.74) is 1.22. The highest BCUT2D eigenvalue weighted by Crippen LogP contribution is 2.59. The number of nitrogens with zero attached hydrogens (tertiary/aromatic N) is 2. The fourth-order valence-corrected chi connectivity index (χ4v) is 6.93. The lowest BCUT2D eigenvalue weighted by atomic mass is 9.51. The van der Waals surface area contributed by atoms with E-state index in [1.54, 1.807) is 4.90 Å². The Balaban J connectivity index is 0.00000218. The van der Waals surface area contributed by atoms with Crippen LogP contribution in [0.15, 0.2) is 30.3 Å². The lowest BCUT2D eigenvalue weighted by Crippen LogP contribution is -2.66. The van der Waals surface area contributed by atoms with Gasteiger partial charge >= 0.3 is 0 Å². The number of halogens is 1. The molecule has 162 valence electrons. The van der Waals surface area contributed by atoms with Crippen LogP contribution in [-0.4, -0.2) is 41.1 Å². The smallest absolute Gasteiger partial charge is 0.237 e. The largest absolute Gasteiger partial charge is 0.370 e. The molecule has 6 heteroatoms. The molecule has 0 radical (unpaired) electrons. The van der Waals surface area contributed by atoms with Gasteiger partial charge in [-0.05, 0) is 68.8 Å². The van der Waals surface area contributed by atoms with Gasteiger partial charge in [0.2, 0.25) is 5.91 Å². The van der Waals surface area contributed by atoms with Crippen LogP contribution in [0.3, 0.4) is 0 Å². The fraction of sp³-hybridized carbons (Fsp3) is 0.667. The minimum atomic E-state index is -0.235. The second kappa shape index (κ2) is 8.49. The molecule has 5 aliphatic rings. The molecular formula is C24H32ClN3O2. The van der Waals surface area contributed by atoms with Crippen LogP contribution in [-0.2, 0) is 16.1 Å². The van der Waals surface area contributed by atoms with Gasteiger partial charge in [0.05, 0.1) is 24.8 Å². The zero-order valence-electron chi connectivity index (χ0n) is 17.5. The van der Waals surface area contributed by atoms with Crippen molar-refractivity contribution in [1.29, 1.82) is 5.26 Å². The number of amides is 1. The summed E-state index contributed by atoms with van der Waals surface area (Å²) in [4.78, 5) is 14.6. The molecule has 30 heavy (non-hydrogen) atoms. The third kappa shape index (κ3) is 4.10. The molecule has 5 nitrogen and oxygen atoms in total. The minimum Gasteiger partial charge on any atom is -0.370 e. The average Bonchev–Trinajstić information content (AvgIpc) is 3.20. The third-order valence-corrected chi connectivity index (χ3v) is 7.73. The second-order valence-electron chi connectivity index (χ2n) is 9.93. The molecule has 1 amide bonds. The molecular weight excluding hydrogens is 398 g/mol. The number of likely N-dealkylation sites (tertiary alicyclic amines) is 1. The van der Waals surface area contributed by atoms with E-state index in [0.717, 1.165) is 51.5 Å². The Morgan fingerprint density at radius 3 is 2.63 bits per heavy atom. The lowest BCUT2D eigenvalue weighted by Gasteiger charge is -2.62. The molecule has 6 rings (SSSR count). The topological polar surface area (TPSA) is 65.4 Å². The number of nitrogens with one attached hydrogen (secondary N) is 1. The molecule has 4 bridgehead atoms. The van der Waals surface area contributed by atoms with Gasteiger partial charge in [-0.15, -0.1) is 12.4 Å². The number of hydrogen-bond donors (Lipinski definition) is 1. The molecule has 0 spiro atoms. The highest BCUT2D eigenvalue weighted by molar-refractivity contribution is 5.85. The van der Waals surface area contributed by atoms with Crippen molar-refractivity contribution in [2.45, 2.75) is 75.2 Å². The Kier molecular flexibility index (Phi) is 6.12. The van der Waals surface area contributed by atoms with Crippen molar-refractivity contribution in [2.24, 2.45) is 11.8 Å². The molecule has 2 unspecified atom stereocenters. The summed E-state index contributed by atoms with van der Waals surface area (Å²) >= 11 is 0. The van der Waals surface area contributed by atoms with Gasteiger partial charge in [0.15, 0.2) is 0 Å². The highest BCUT2D eigenvalue weighted by atomic mass is 35.5. The molecule has 1 N–H and O–H groups in total. The number of rotatable bonds is 6. The third-order valence-electron chi connectivity index (χ3n) is 7.73. The second-order valence-corrected chi connectivity index (χ2v) is 9.93. The monoisotopic (exact) mass is 429 g/mol. The van der Waals surface area contributed by atoms with Crippen molar-refractivity contribution in [3.05, 3.63) is 35.9 Å². The van der Waals surface area contributed by atoms with E-state index in [2.05, 4.69) is 35.7 Å². The summed E-state index contributed by atoms with van der Waals surface area (Å²) in [6.45, 7) is 1.75. The van der Waals surface area contributed by atoms with Gasteiger partial charge in [-0.1, -0.05) is 30.3 Å². The molecule has 4 aliphatic carbocycles. The zero-order valence-corrected chi connectivity index (χ0v) is 18.3. The highest BCUT2D eigenvalue weighted by Gasteiger charge is 2.58. The van der Waals surface area contributed by atoms with Crippen molar-refractivity contribution >= 4 is 18.3 Å². The zero-order chi connectivity index (χ0) is 19.9. The molecule has 1 saturated heterocycles. The van der Waals surface area contributed by atoms with Crippen LogP contribution < -0.4 is 5.32 Å². The standard InChI is InChI=1S/C24H31N3O2.ClH/c25-14-21-7-4-8-27(21)22(28)15-26-23-10-19-9-20(11-23)13-24(12-19,17-23)29-16-18-5-2-1-3-6-18;/h1-3,5-6,19-21,26H,4,7-13,15-17H2;1H/t19?,20?,21-,23?,24?;/m0./s1. The minimum absolute atomic E-state index is 0. The first-order valence-corrected chi connectivity index (χ1v) is 11.2. The van der Waals surface area contributed by atoms with E-state index in [1.807, 2.05) is 6.07 Å². The van der Waals surface area contributed by atoms with E-state index in [1.165, 1.54) is 12.0 Å². The fourth-order valence-electron chi connectivity index (χ4n) is 6.93. The van der Waals surface area contributed by atoms with Crippen LogP contribution >= 0.6 is 12.4 Å². The van der Waals surface area contributed by atoms with E-state index in [4.69, 9.17) is 4.74 Å². The van der Waals surface area contributed by atoms with Crippen molar-refractivity contribution in [3.8, 4) is 6.07 Å². The summed E-state index contributed by atoms with van der Waals surface area (Å²) < 4.78 is 6.62. The Morgan fingerprint density at radius 2 is 1.93 bits per heavy atom. The van der Waals surface area contributed by atoms with E-state index >= 15 is 0 Å². The van der Waals surface area contributed by atoms with Gasteiger partial charge < -0.3 is 15.0 Å². The number of carbonyl (C=O) groups is 1. The van der Waals surface area contributed by atoms with Crippen molar-refractivity contribution in [2.75, 3.05) is 13.1 Å². The predicted molar refractivity (Wildman–Crippen MR) is 117 cm³/mol. The maximum Gasteiger partial charge on any atom is 0.237 e. The molecule has 1 aliphatic heterocycles. The van der Waals surface area contributed by atoms with Crippen LogP contribution in [0.25, 0.3) is 0 Å². The van der Waals surface area contributed by atoms with Crippen molar-refractivity contribution in [1.82, 2.24) is 10.2 Å². The van der Waals surface area contributed by atoms with E-state index < -0.39 is 0 Å². The average molecular weight is 430 g/mol. The summed E-state index contributed by atoms with van der Waals surface area (Å²) in [5, 5.41) is 13.0. The van der Waals surface area contributed by atoms with Crippen molar-refractivity contribution in [3.63, 3.8) is 0 Å². The summed E-state index contributed by atoms with van der Waals surface area (Å²) in [7, 11) is 0. The van der Waals surface area contributed by atoms with Gasteiger partial charge in [0.25, 0.3) is 0 Å². The number of carbonyl (C=O) groups excluding carboxylic acids is 1. The quantitative estimate of drug-likeness (QED) is 0.746. The summed E-state index contributed by atoms with van der Waals surface area (Å²) in [6, 6.07) is 12.5. The summed E-state index contributed by atoms with van der Waals surface area (Å²) in [5.74, 6) is 1.49. The van der Waals surface area contributed by atoms with Gasteiger partial charge in [0, 0.05) is 12.1 Å². The number of nitriles is 1. The molecule has 1 aromatic carbocycles. The molecule has 3 atom stereocenters. The van der Waals surface area contributed by atoms with Crippen LogP contribution in [0.5, 0.6) is 0 Å².